The maximum Gasteiger partial charge on any atom is 0.279 e. The van der Waals surface area contributed by atoms with Crippen molar-refractivity contribution in [1.82, 2.24) is 19.9 Å². The van der Waals surface area contributed by atoms with Crippen molar-refractivity contribution in [2.75, 3.05) is 38.3 Å². The van der Waals surface area contributed by atoms with E-state index in [0.717, 1.165) is 31.7 Å². The van der Waals surface area contributed by atoms with Gasteiger partial charge in [0.15, 0.2) is 0 Å². The fraction of sp³-hybridized carbons (Fsp3) is 0.429. The van der Waals surface area contributed by atoms with Crippen LogP contribution in [0.25, 0.3) is 10.9 Å². The van der Waals surface area contributed by atoms with Gasteiger partial charge in [0.1, 0.15) is 5.82 Å². The van der Waals surface area contributed by atoms with Gasteiger partial charge in [0.2, 0.25) is 0 Å². The largest absolute Gasteiger partial charge is 0.314 e. The van der Waals surface area contributed by atoms with Crippen LogP contribution in [-0.2, 0) is 0 Å². The van der Waals surface area contributed by atoms with Gasteiger partial charge in [-0.25, -0.2) is 9.66 Å². The number of hydrogen-bond donors (Lipinski definition) is 2. The molecule has 6 nitrogen and oxygen atoms in total. The Hall–Kier alpha value is -1.92. The second kappa shape index (κ2) is 5.60. The van der Waals surface area contributed by atoms with E-state index in [2.05, 4.69) is 20.6 Å². The number of para-hydroxylation sites is 1. The molecule has 0 aliphatic carbocycles. The van der Waals surface area contributed by atoms with Gasteiger partial charge in [-0.2, -0.15) is 0 Å². The van der Waals surface area contributed by atoms with Crippen LogP contribution >= 0.6 is 0 Å². The molecular weight excluding hydrogens is 254 g/mol. The average Bonchev–Trinajstić information content (AvgIpc) is 2.48. The van der Waals surface area contributed by atoms with Crippen molar-refractivity contribution in [3.8, 4) is 0 Å². The molecule has 0 bridgehead atoms. The normalized spacial score (nSPS) is 16.4. The van der Waals surface area contributed by atoms with Gasteiger partial charge in [0.05, 0.1) is 17.6 Å². The molecule has 2 heterocycles. The number of aryl methyl sites for hydroxylation is 1. The number of fused-ring (bicyclic) bond motifs is 1. The molecule has 0 amide bonds. The number of nitrogens with zero attached hydrogens (tertiary/aromatic N) is 3. The van der Waals surface area contributed by atoms with Crippen LogP contribution in [-0.4, -0.2) is 47.4 Å². The highest BCUT2D eigenvalue weighted by Crippen LogP contribution is 2.06. The van der Waals surface area contributed by atoms with Crippen LogP contribution in [0, 0.1) is 6.92 Å². The van der Waals surface area contributed by atoms with E-state index in [9.17, 15) is 4.79 Å². The van der Waals surface area contributed by atoms with Crippen LogP contribution in [0.5, 0.6) is 0 Å². The number of benzene rings is 1. The standard InChI is InChI=1S/C14H19N5O/c1-11-17-13-5-3-2-4-12(13)14(20)19(11)16-10-18-8-6-15-7-9-18/h2-5,15-16H,6-10H2,1H3. The number of rotatable bonds is 3. The van der Waals surface area contributed by atoms with Crippen LogP contribution in [0.4, 0.5) is 0 Å². The molecule has 0 unspecified atom stereocenters. The molecule has 1 aromatic heterocycles. The second-order valence-electron chi connectivity index (χ2n) is 5.00. The van der Waals surface area contributed by atoms with E-state index >= 15 is 0 Å². The lowest BCUT2D eigenvalue weighted by atomic mass is 10.2. The number of nitrogens with one attached hydrogen (secondary N) is 2. The van der Waals surface area contributed by atoms with Crippen molar-refractivity contribution in [3.63, 3.8) is 0 Å². The topological polar surface area (TPSA) is 62.2 Å². The van der Waals surface area contributed by atoms with E-state index < -0.39 is 0 Å². The molecule has 2 N–H and O–H groups in total. The fourth-order valence-electron chi connectivity index (χ4n) is 2.47. The predicted octanol–water partition coefficient (Wildman–Crippen LogP) is 0.111. The smallest absolute Gasteiger partial charge is 0.279 e. The van der Waals surface area contributed by atoms with Crippen LogP contribution in [0.2, 0.25) is 0 Å². The first-order valence-corrected chi connectivity index (χ1v) is 6.91. The van der Waals surface area contributed by atoms with Gasteiger partial charge in [0, 0.05) is 26.2 Å². The molecule has 0 saturated carbocycles. The fourth-order valence-corrected chi connectivity index (χ4v) is 2.47. The zero-order valence-corrected chi connectivity index (χ0v) is 11.6. The highest BCUT2D eigenvalue weighted by molar-refractivity contribution is 5.77. The summed E-state index contributed by atoms with van der Waals surface area (Å²) in [5.41, 5.74) is 3.89. The lowest BCUT2D eigenvalue weighted by Crippen LogP contribution is -2.48. The summed E-state index contributed by atoms with van der Waals surface area (Å²) < 4.78 is 1.55. The Kier molecular flexibility index (Phi) is 3.66. The molecule has 106 valence electrons. The molecule has 3 rings (SSSR count). The first kappa shape index (κ1) is 13.1. The number of hydrogen-bond acceptors (Lipinski definition) is 5. The molecule has 2 aromatic rings. The van der Waals surface area contributed by atoms with Crippen molar-refractivity contribution >= 4 is 10.9 Å². The minimum atomic E-state index is -0.0387. The minimum absolute atomic E-state index is 0.0387. The summed E-state index contributed by atoms with van der Waals surface area (Å²) in [7, 11) is 0. The molecule has 20 heavy (non-hydrogen) atoms. The van der Waals surface area contributed by atoms with Gasteiger partial charge < -0.3 is 10.7 Å². The summed E-state index contributed by atoms with van der Waals surface area (Å²) in [5, 5.41) is 3.95. The van der Waals surface area contributed by atoms with Crippen LogP contribution in [0.1, 0.15) is 5.82 Å². The van der Waals surface area contributed by atoms with E-state index in [0.29, 0.717) is 17.9 Å². The molecular formula is C14H19N5O. The van der Waals surface area contributed by atoms with Crippen molar-refractivity contribution in [3.05, 3.63) is 40.4 Å². The minimum Gasteiger partial charge on any atom is -0.314 e. The van der Waals surface area contributed by atoms with E-state index in [1.807, 2.05) is 31.2 Å². The molecule has 1 aliphatic rings. The summed E-state index contributed by atoms with van der Waals surface area (Å²) in [6, 6.07) is 7.44. The lowest BCUT2D eigenvalue weighted by Gasteiger charge is -2.28. The van der Waals surface area contributed by atoms with Gasteiger partial charge >= 0.3 is 0 Å². The lowest BCUT2D eigenvalue weighted by molar-refractivity contribution is 0.248. The Balaban J connectivity index is 1.85. The Bertz CT molecular complexity index is 660. The molecule has 1 aromatic carbocycles. The molecule has 1 saturated heterocycles. The molecule has 0 atom stereocenters. The first-order valence-electron chi connectivity index (χ1n) is 6.91. The van der Waals surface area contributed by atoms with Gasteiger partial charge in [-0.1, -0.05) is 12.1 Å². The van der Waals surface area contributed by atoms with Crippen LogP contribution in [0.3, 0.4) is 0 Å². The van der Waals surface area contributed by atoms with E-state index in [1.165, 1.54) is 0 Å². The Labute approximate surface area is 117 Å². The van der Waals surface area contributed by atoms with Crippen LogP contribution in [0.15, 0.2) is 29.1 Å². The molecule has 1 fully saturated rings. The van der Waals surface area contributed by atoms with E-state index in [1.54, 1.807) is 4.68 Å². The molecule has 0 spiro atoms. The Morgan fingerprint density at radius 3 is 2.85 bits per heavy atom. The van der Waals surface area contributed by atoms with Gasteiger partial charge in [0.25, 0.3) is 5.56 Å². The van der Waals surface area contributed by atoms with E-state index in [-0.39, 0.29) is 5.56 Å². The summed E-state index contributed by atoms with van der Waals surface area (Å²) in [5.74, 6) is 0.684. The van der Waals surface area contributed by atoms with Gasteiger partial charge in [-0.3, -0.25) is 9.69 Å². The molecule has 6 heteroatoms. The first-order chi connectivity index (χ1) is 9.75. The zero-order valence-electron chi connectivity index (χ0n) is 11.6. The third kappa shape index (κ3) is 2.52. The number of aromatic nitrogens is 2. The summed E-state index contributed by atoms with van der Waals surface area (Å²) in [6.07, 6.45) is 0. The quantitative estimate of drug-likeness (QED) is 0.831. The molecule has 1 aliphatic heterocycles. The van der Waals surface area contributed by atoms with Crippen molar-refractivity contribution in [1.29, 1.82) is 0 Å². The zero-order chi connectivity index (χ0) is 13.9. The maximum absolute atomic E-state index is 12.5. The van der Waals surface area contributed by atoms with Crippen molar-refractivity contribution in [2.24, 2.45) is 0 Å². The third-order valence-corrected chi connectivity index (χ3v) is 3.61. The van der Waals surface area contributed by atoms with Gasteiger partial charge in [-0.15, -0.1) is 0 Å². The maximum atomic E-state index is 12.5. The number of piperazine rings is 1. The Morgan fingerprint density at radius 2 is 2.05 bits per heavy atom. The third-order valence-electron chi connectivity index (χ3n) is 3.61. The van der Waals surface area contributed by atoms with Crippen molar-refractivity contribution in [2.45, 2.75) is 6.92 Å². The predicted molar refractivity (Wildman–Crippen MR) is 79.4 cm³/mol. The summed E-state index contributed by atoms with van der Waals surface area (Å²) in [4.78, 5) is 19.2. The van der Waals surface area contributed by atoms with Gasteiger partial charge in [-0.05, 0) is 19.1 Å². The summed E-state index contributed by atoms with van der Waals surface area (Å²) in [6.45, 7) is 6.46. The second-order valence-corrected chi connectivity index (χ2v) is 5.00. The Morgan fingerprint density at radius 1 is 1.30 bits per heavy atom. The summed E-state index contributed by atoms with van der Waals surface area (Å²) >= 11 is 0. The average molecular weight is 273 g/mol. The van der Waals surface area contributed by atoms with Crippen LogP contribution < -0.4 is 16.3 Å². The SMILES string of the molecule is Cc1nc2ccccc2c(=O)n1NCN1CCNCC1. The highest BCUT2D eigenvalue weighted by atomic mass is 16.1. The highest BCUT2D eigenvalue weighted by Gasteiger charge is 2.11. The van der Waals surface area contributed by atoms with Crippen molar-refractivity contribution < 1.29 is 0 Å². The van der Waals surface area contributed by atoms with E-state index in [4.69, 9.17) is 0 Å². The monoisotopic (exact) mass is 273 g/mol. The molecule has 0 radical (unpaired) electrons.